The SMILES string of the molecule is O=C1C(Cl)=C(Nc2nc(-c3ccc(Br)cc3)cs2)C(=O)c2ccccc21. The zero-order valence-electron chi connectivity index (χ0n) is 13.1. The molecule has 3 aromatic rings. The third-order valence-electron chi connectivity index (χ3n) is 3.94. The second-order valence-corrected chi connectivity index (χ2v) is 7.71. The monoisotopic (exact) mass is 444 g/mol. The van der Waals surface area contributed by atoms with Gasteiger partial charge in [0, 0.05) is 26.5 Å². The summed E-state index contributed by atoms with van der Waals surface area (Å²) in [7, 11) is 0. The first-order valence-electron chi connectivity index (χ1n) is 7.61. The van der Waals surface area contributed by atoms with Crippen molar-refractivity contribution in [2.75, 3.05) is 5.32 Å². The van der Waals surface area contributed by atoms with Crippen molar-refractivity contribution < 1.29 is 9.59 Å². The van der Waals surface area contributed by atoms with E-state index in [4.69, 9.17) is 11.6 Å². The predicted octanol–water partition coefficient (Wildman–Crippen LogP) is 5.51. The molecule has 1 heterocycles. The summed E-state index contributed by atoms with van der Waals surface area (Å²) in [5.41, 5.74) is 2.45. The highest BCUT2D eigenvalue weighted by atomic mass is 79.9. The number of nitrogens with one attached hydrogen (secondary N) is 1. The third kappa shape index (κ3) is 3.00. The zero-order chi connectivity index (χ0) is 18.3. The van der Waals surface area contributed by atoms with Crippen LogP contribution in [-0.2, 0) is 0 Å². The number of aromatic nitrogens is 1. The van der Waals surface area contributed by atoms with Gasteiger partial charge in [0.15, 0.2) is 5.13 Å². The van der Waals surface area contributed by atoms with Gasteiger partial charge in [-0.25, -0.2) is 4.98 Å². The van der Waals surface area contributed by atoms with E-state index in [9.17, 15) is 9.59 Å². The minimum absolute atomic E-state index is 0.0621. The Morgan fingerprint density at radius 1 is 0.962 bits per heavy atom. The van der Waals surface area contributed by atoms with Crippen LogP contribution in [0.1, 0.15) is 20.7 Å². The predicted molar refractivity (Wildman–Crippen MR) is 107 cm³/mol. The second kappa shape index (κ2) is 6.79. The van der Waals surface area contributed by atoms with Crippen LogP contribution >= 0.6 is 38.9 Å². The van der Waals surface area contributed by atoms with Gasteiger partial charge in [0.1, 0.15) is 10.7 Å². The van der Waals surface area contributed by atoms with Gasteiger partial charge in [-0.1, -0.05) is 63.9 Å². The maximum atomic E-state index is 12.7. The van der Waals surface area contributed by atoms with Crippen molar-refractivity contribution in [1.29, 1.82) is 0 Å². The first-order chi connectivity index (χ1) is 12.5. The van der Waals surface area contributed by atoms with Gasteiger partial charge in [-0.15, -0.1) is 11.3 Å². The molecule has 0 fully saturated rings. The molecule has 0 radical (unpaired) electrons. The molecule has 0 unspecified atom stereocenters. The number of hydrogen-bond donors (Lipinski definition) is 1. The Morgan fingerprint density at radius 2 is 1.62 bits per heavy atom. The normalized spacial score (nSPS) is 13.8. The lowest BCUT2D eigenvalue weighted by Crippen LogP contribution is -2.24. The van der Waals surface area contributed by atoms with Crippen LogP contribution in [0, 0.1) is 0 Å². The Kier molecular flexibility index (Phi) is 4.48. The smallest absolute Gasteiger partial charge is 0.211 e. The molecule has 26 heavy (non-hydrogen) atoms. The van der Waals surface area contributed by atoms with Crippen molar-refractivity contribution >= 4 is 55.6 Å². The fourth-order valence-electron chi connectivity index (χ4n) is 2.65. The molecule has 1 N–H and O–H groups in total. The summed E-state index contributed by atoms with van der Waals surface area (Å²) in [5.74, 6) is -0.681. The van der Waals surface area contributed by atoms with Crippen molar-refractivity contribution in [2.24, 2.45) is 0 Å². The van der Waals surface area contributed by atoms with Crippen LogP contribution in [0.5, 0.6) is 0 Å². The molecular weight excluding hydrogens is 436 g/mol. The van der Waals surface area contributed by atoms with E-state index in [1.807, 2.05) is 29.6 Å². The highest BCUT2D eigenvalue weighted by molar-refractivity contribution is 9.10. The molecule has 1 aliphatic carbocycles. The van der Waals surface area contributed by atoms with E-state index in [1.54, 1.807) is 24.3 Å². The van der Waals surface area contributed by atoms with E-state index >= 15 is 0 Å². The summed E-state index contributed by atoms with van der Waals surface area (Å²) < 4.78 is 0.983. The maximum Gasteiger partial charge on any atom is 0.211 e. The molecule has 0 atom stereocenters. The van der Waals surface area contributed by atoms with E-state index in [0.29, 0.717) is 16.3 Å². The molecule has 0 saturated heterocycles. The number of nitrogens with zero attached hydrogens (tertiary/aromatic N) is 1. The number of fused-ring (bicyclic) bond motifs is 1. The zero-order valence-corrected chi connectivity index (χ0v) is 16.3. The number of carbonyl (C=O) groups is 2. The first kappa shape index (κ1) is 17.1. The van der Waals surface area contributed by atoms with Crippen LogP contribution in [-0.4, -0.2) is 16.6 Å². The van der Waals surface area contributed by atoms with Gasteiger partial charge in [-0.3, -0.25) is 9.59 Å². The Balaban J connectivity index is 1.65. The Bertz CT molecular complexity index is 1070. The van der Waals surface area contributed by atoms with Crippen molar-refractivity contribution in [2.45, 2.75) is 0 Å². The number of allylic oxidation sites excluding steroid dienone is 2. The van der Waals surface area contributed by atoms with E-state index in [0.717, 1.165) is 15.7 Å². The lowest BCUT2D eigenvalue weighted by atomic mass is 9.92. The van der Waals surface area contributed by atoms with Gasteiger partial charge >= 0.3 is 0 Å². The van der Waals surface area contributed by atoms with E-state index in [2.05, 4.69) is 26.2 Å². The van der Waals surface area contributed by atoms with Crippen LogP contribution in [0.15, 0.2) is 69.1 Å². The number of thiazole rings is 1. The minimum atomic E-state index is -0.367. The highest BCUT2D eigenvalue weighted by Gasteiger charge is 2.31. The number of rotatable bonds is 3. The Labute approximate surface area is 166 Å². The number of carbonyl (C=O) groups excluding carboxylic acids is 2. The van der Waals surface area contributed by atoms with Gasteiger partial charge in [0.2, 0.25) is 11.6 Å². The van der Waals surface area contributed by atoms with E-state index < -0.39 is 0 Å². The van der Waals surface area contributed by atoms with Crippen molar-refractivity contribution in [1.82, 2.24) is 4.98 Å². The molecule has 4 nitrogen and oxygen atoms in total. The quantitative estimate of drug-likeness (QED) is 0.577. The first-order valence-corrected chi connectivity index (χ1v) is 9.66. The molecule has 0 spiro atoms. The van der Waals surface area contributed by atoms with Crippen LogP contribution in [0.25, 0.3) is 11.3 Å². The molecule has 1 aliphatic rings. The van der Waals surface area contributed by atoms with Crippen molar-refractivity contribution in [3.63, 3.8) is 0 Å². The molecule has 0 aliphatic heterocycles. The van der Waals surface area contributed by atoms with Crippen molar-refractivity contribution in [3.05, 3.63) is 80.2 Å². The molecule has 0 saturated carbocycles. The Morgan fingerprint density at radius 3 is 2.31 bits per heavy atom. The van der Waals surface area contributed by atoms with Gasteiger partial charge < -0.3 is 5.32 Å². The number of halogens is 2. The fraction of sp³-hybridized carbons (Fsp3) is 0. The van der Waals surface area contributed by atoms with Gasteiger partial charge in [-0.2, -0.15) is 0 Å². The topological polar surface area (TPSA) is 59.1 Å². The van der Waals surface area contributed by atoms with Gasteiger partial charge in [0.25, 0.3) is 0 Å². The number of Topliss-reactive ketones (excluding diaryl/α,β-unsaturated/α-hetero) is 2. The van der Waals surface area contributed by atoms with E-state index in [1.165, 1.54) is 11.3 Å². The average Bonchev–Trinajstić information content (AvgIpc) is 3.13. The molecule has 0 bridgehead atoms. The number of hydrogen-bond acceptors (Lipinski definition) is 5. The fourth-order valence-corrected chi connectivity index (χ4v) is 3.87. The van der Waals surface area contributed by atoms with Crippen LogP contribution in [0.4, 0.5) is 5.13 Å². The molecule has 0 amide bonds. The Hall–Kier alpha value is -2.28. The van der Waals surface area contributed by atoms with Crippen LogP contribution in [0.2, 0.25) is 0 Å². The molecule has 1 aromatic heterocycles. The average molecular weight is 446 g/mol. The summed E-state index contributed by atoms with van der Waals surface area (Å²) in [6.45, 7) is 0. The van der Waals surface area contributed by atoms with Gasteiger partial charge in [0.05, 0.1) is 5.69 Å². The molecular formula is C19H10BrClN2O2S. The summed E-state index contributed by atoms with van der Waals surface area (Å²) in [5, 5.41) is 5.19. The summed E-state index contributed by atoms with van der Waals surface area (Å²) >= 11 is 10.9. The second-order valence-electron chi connectivity index (χ2n) is 5.56. The number of ketones is 2. The van der Waals surface area contributed by atoms with Crippen LogP contribution < -0.4 is 5.32 Å². The molecule has 128 valence electrons. The summed E-state index contributed by atoms with van der Waals surface area (Å²) in [6.07, 6.45) is 0. The summed E-state index contributed by atoms with van der Waals surface area (Å²) in [6, 6.07) is 14.4. The van der Waals surface area contributed by atoms with Crippen LogP contribution in [0.3, 0.4) is 0 Å². The van der Waals surface area contributed by atoms with Gasteiger partial charge in [-0.05, 0) is 12.1 Å². The molecule has 2 aromatic carbocycles. The largest absolute Gasteiger partial charge is 0.327 e. The minimum Gasteiger partial charge on any atom is -0.327 e. The van der Waals surface area contributed by atoms with Crippen molar-refractivity contribution in [3.8, 4) is 11.3 Å². The number of benzene rings is 2. The van der Waals surface area contributed by atoms with E-state index in [-0.39, 0.29) is 22.3 Å². The summed E-state index contributed by atoms with van der Waals surface area (Å²) in [4.78, 5) is 29.6. The highest BCUT2D eigenvalue weighted by Crippen LogP contribution is 2.32. The molecule has 4 rings (SSSR count). The maximum absolute atomic E-state index is 12.7. The molecule has 7 heteroatoms. The lowest BCUT2D eigenvalue weighted by Gasteiger charge is -2.17. The standard InChI is InChI=1S/C19H10BrClN2O2S/c20-11-7-5-10(6-8-11)14-9-26-19(22-14)23-16-15(21)17(24)12-3-1-2-4-13(12)18(16)25/h1-9H,(H,22,23). The lowest BCUT2D eigenvalue weighted by molar-refractivity contribution is 0.0982. The third-order valence-corrected chi connectivity index (χ3v) is 5.59. The number of anilines is 1.